The van der Waals surface area contributed by atoms with Crippen molar-refractivity contribution in [3.63, 3.8) is 0 Å². The number of carbonyl (C=O) groups excluding carboxylic acids is 1. The fraction of sp³-hybridized carbons (Fsp3) is 0.615. The monoisotopic (exact) mass is 236 g/mol. The Kier molecular flexibility index (Phi) is 3.52. The molecule has 2 rings (SSSR count). The zero-order chi connectivity index (χ0) is 12.3. The molecule has 0 spiro atoms. The zero-order valence-electron chi connectivity index (χ0n) is 10.3. The van der Waals surface area contributed by atoms with Gasteiger partial charge in [0, 0.05) is 6.54 Å². The van der Waals surface area contributed by atoms with Crippen LogP contribution >= 0.6 is 0 Å². The summed E-state index contributed by atoms with van der Waals surface area (Å²) < 4.78 is 5.15. The van der Waals surface area contributed by atoms with Crippen LogP contribution in [0.5, 0.6) is 0 Å². The highest BCUT2D eigenvalue weighted by atomic mass is 16.3. The summed E-state index contributed by atoms with van der Waals surface area (Å²) in [5, 5.41) is 3.10. The van der Waals surface area contributed by atoms with Gasteiger partial charge < -0.3 is 15.5 Å². The van der Waals surface area contributed by atoms with Gasteiger partial charge in [-0.05, 0) is 25.8 Å². The number of rotatable bonds is 3. The molecule has 1 aliphatic rings. The fourth-order valence-corrected chi connectivity index (χ4v) is 2.54. The number of aryl methyl sites for hydroxylation is 1. The van der Waals surface area contributed by atoms with E-state index in [1.165, 1.54) is 6.42 Å². The van der Waals surface area contributed by atoms with Crippen LogP contribution in [0.25, 0.3) is 0 Å². The Hall–Kier alpha value is -1.29. The van der Waals surface area contributed by atoms with Crippen LogP contribution in [0.1, 0.15) is 48.2 Å². The molecule has 1 aromatic rings. The number of hydrogen-bond donors (Lipinski definition) is 2. The van der Waals surface area contributed by atoms with Gasteiger partial charge in [0.25, 0.3) is 5.91 Å². The molecule has 0 atom stereocenters. The van der Waals surface area contributed by atoms with E-state index in [-0.39, 0.29) is 11.4 Å². The summed E-state index contributed by atoms with van der Waals surface area (Å²) in [6, 6.07) is 1.71. The molecule has 0 saturated heterocycles. The van der Waals surface area contributed by atoms with Crippen molar-refractivity contribution in [1.29, 1.82) is 0 Å². The van der Waals surface area contributed by atoms with Crippen molar-refractivity contribution in [3.05, 3.63) is 23.7 Å². The Morgan fingerprint density at radius 3 is 2.71 bits per heavy atom. The van der Waals surface area contributed by atoms with Gasteiger partial charge in [-0.1, -0.05) is 19.3 Å². The van der Waals surface area contributed by atoms with Crippen LogP contribution in [-0.4, -0.2) is 18.0 Å². The summed E-state index contributed by atoms with van der Waals surface area (Å²) in [5.41, 5.74) is 6.24. The third-order valence-corrected chi connectivity index (χ3v) is 3.68. The Balaban J connectivity index is 2.08. The lowest BCUT2D eigenvalue weighted by Gasteiger charge is -2.37. The largest absolute Gasteiger partial charge is 0.469 e. The second-order valence-electron chi connectivity index (χ2n) is 4.89. The van der Waals surface area contributed by atoms with Crippen molar-refractivity contribution in [3.8, 4) is 0 Å². The Morgan fingerprint density at radius 1 is 1.47 bits per heavy atom. The van der Waals surface area contributed by atoms with E-state index in [0.29, 0.717) is 17.9 Å². The summed E-state index contributed by atoms with van der Waals surface area (Å²) >= 11 is 0. The number of carbonyl (C=O) groups is 1. The van der Waals surface area contributed by atoms with Crippen LogP contribution < -0.4 is 11.1 Å². The van der Waals surface area contributed by atoms with Crippen LogP contribution in [0.3, 0.4) is 0 Å². The van der Waals surface area contributed by atoms with Crippen molar-refractivity contribution in [2.75, 3.05) is 6.54 Å². The molecule has 94 valence electrons. The van der Waals surface area contributed by atoms with E-state index in [0.717, 1.165) is 25.7 Å². The van der Waals surface area contributed by atoms with Gasteiger partial charge in [0.15, 0.2) is 0 Å². The second kappa shape index (κ2) is 4.92. The lowest BCUT2D eigenvalue weighted by molar-refractivity contribution is 0.0873. The van der Waals surface area contributed by atoms with E-state index >= 15 is 0 Å². The number of hydrogen-bond acceptors (Lipinski definition) is 3. The van der Waals surface area contributed by atoms with Crippen LogP contribution in [0, 0.1) is 6.92 Å². The van der Waals surface area contributed by atoms with Gasteiger partial charge in [0.2, 0.25) is 0 Å². The first-order valence-electron chi connectivity index (χ1n) is 6.23. The summed E-state index contributed by atoms with van der Waals surface area (Å²) in [5.74, 6) is 0.592. The molecule has 0 aliphatic heterocycles. The molecular weight excluding hydrogens is 216 g/mol. The van der Waals surface area contributed by atoms with Crippen molar-refractivity contribution >= 4 is 5.91 Å². The third kappa shape index (κ3) is 2.52. The first kappa shape index (κ1) is 12.2. The van der Waals surface area contributed by atoms with Crippen molar-refractivity contribution < 1.29 is 9.21 Å². The Morgan fingerprint density at radius 2 is 2.18 bits per heavy atom. The number of nitrogens with one attached hydrogen (secondary N) is 1. The Labute approximate surface area is 102 Å². The molecule has 1 fully saturated rings. The SMILES string of the molecule is Cc1occc1C(=O)NC1(CN)CCCCC1. The second-order valence-corrected chi connectivity index (χ2v) is 4.89. The van der Waals surface area contributed by atoms with Crippen LogP contribution in [-0.2, 0) is 0 Å². The number of furan rings is 1. The quantitative estimate of drug-likeness (QED) is 0.843. The van der Waals surface area contributed by atoms with E-state index in [1.807, 2.05) is 0 Å². The molecule has 17 heavy (non-hydrogen) atoms. The maximum Gasteiger partial charge on any atom is 0.255 e. The van der Waals surface area contributed by atoms with Crippen molar-refractivity contribution in [2.24, 2.45) is 5.73 Å². The molecule has 4 heteroatoms. The lowest BCUT2D eigenvalue weighted by atomic mass is 9.81. The summed E-state index contributed by atoms with van der Waals surface area (Å²) in [4.78, 5) is 12.1. The number of amides is 1. The summed E-state index contributed by atoms with van der Waals surface area (Å²) in [6.07, 6.45) is 7.02. The zero-order valence-corrected chi connectivity index (χ0v) is 10.3. The molecule has 4 nitrogen and oxygen atoms in total. The molecule has 0 radical (unpaired) electrons. The van der Waals surface area contributed by atoms with E-state index in [9.17, 15) is 4.79 Å². The molecule has 1 saturated carbocycles. The van der Waals surface area contributed by atoms with Crippen LogP contribution in [0.15, 0.2) is 16.7 Å². The van der Waals surface area contributed by atoms with E-state index in [2.05, 4.69) is 5.32 Å². The standard InChI is InChI=1S/C13H20N2O2/c1-10-11(5-8-17-10)12(16)15-13(9-14)6-3-2-4-7-13/h5,8H,2-4,6-7,9,14H2,1H3,(H,15,16). The maximum atomic E-state index is 12.1. The normalized spacial score (nSPS) is 18.9. The van der Waals surface area contributed by atoms with Gasteiger partial charge in [-0.3, -0.25) is 4.79 Å². The molecule has 1 aromatic heterocycles. The minimum Gasteiger partial charge on any atom is -0.469 e. The average Bonchev–Trinajstić information content (AvgIpc) is 2.77. The van der Waals surface area contributed by atoms with Gasteiger partial charge >= 0.3 is 0 Å². The van der Waals surface area contributed by atoms with Gasteiger partial charge in [-0.15, -0.1) is 0 Å². The van der Waals surface area contributed by atoms with Gasteiger partial charge in [-0.25, -0.2) is 0 Å². The van der Waals surface area contributed by atoms with Crippen molar-refractivity contribution in [2.45, 2.75) is 44.6 Å². The minimum absolute atomic E-state index is 0.0661. The van der Waals surface area contributed by atoms with E-state index in [1.54, 1.807) is 19.3 Å². The molecule has 1 amide bonds. The molecule has 0 unspecified atom stereocenters. The third-order valence-electron chi connectivity index (χ3n) is 3.68. The molecule has 0 bridgehead atoms. The van der Waals surface area contributed by atoms with Gasteiger partial charge in [0.05, 0.1) is 17.4 Å². The molecule has 1 heterocycles. The van der Waals surface area contributed by atoms with E-state index in [4.69, 9.17) is 10.2 Å². The predicted octanol–water partition coefficient (Wildman–Crippen LogP) is 1.98. The first-order valence-corrected chi connectivity index (χ1v) is 6.23. The summed E-state index contributed by atoms with van der Waals surface area (Å²) in [7, 11) is 0. The highest BCUT2D eigenvalue weighted by Gasteiger charge is 2.32. The van der Waals surface area contributed by atoms with Crippen LogP contribution in [0.4, 0.5) is 0 Å². The average molecular weight is 236 g/mol. The summed E-state index contributed by atoms with van der Waals surface area (Å²) in [6.45, 7) is 2.31. The van der Waals surface area contributed by atoms with Crippen molar-refractivity contribution in [1.82, 2.24) is 5.32 Å². The van der Waals surface area contributed by atoms with Gasteiger partial charge in [-0.2, -0.15) is 0 Å². The van der Waals surface area contributed by atoms with Crippen LogP contribution in [0.2, 0.25) is 0 Å². The minimum atomic E-state index is -0.209. The topological polar surface area (TPSA) is 68.3 Å². The molecule has 1 aliphatic carbocycles. The molecule has 3 N–H and O–H groups in total. The fourth-order valence-electron chi connectivity index (χ4n) is 2.54. The highest BCUT2D eigenvalue weighted by molar-refractivity contribution is 5.95. The molecular formula is C13H20N2O2. The van der Waals surface area contributed by atoms with E-state index < -0.39 is 0 Å². The highest BCUT2D eigenvalue weighted by Crippen LogP contribution is 2.27. The molecule has 0 aromatic carbocycles. The first-order chi connectivity index (χ1) is 8.17. The smallest absolute Gasteiger partial charge is 0.255 e. The predicted molar refractivity (Wildman–Crippen MR) is 65.8 cm³/mol. The lowest BCUT2D eigenvalue weighted by Crippen LogP contribution is -2.54. The maximum absolute atomic E-state index is 12.1. The van der Waals surface area contributed by atoms with Gasteiger partial charge in [0.1, 0.15) is 5.76 Å². The Bertz CT molecular complexity index is 392. The number of nitrogens with two attached hydrogens (primary N) is 1.